The number of hydrogen-bond acceptors (Lipinski definition) is 1. The molecular formula is C15H19ClN2. The topological polar surface area (TPSA) is 17.8 Å². The van der Waals surface area contributed by atoms with Crippen LogP contribution >= 0.6 is 11.6 Å². The number of imidazole rings is 1. The number of benzene rings is 1. The van der Waals surface area contributed by atoms with Crippen LogP contribution in [0.2, 0.25) is 0 Å². The zero-order valence-corrected chi connectivity index (χ0v) is 11.8. The first kappa shape index (κ1) is 12.0. The minimum atomic E-state index is 0.444. The van der Waals surface area contributed by atoms with Crippen LogP contribution in [-0.2, 0) is 12.4 Å². The number of fused-ring (bicyclic) bond motifs is 1. The summed E-state index contributed by atoms with van der Waals surface area (Å²) in [5, 5.41) is 0. The van der Waals surface area contributed by atoms with Crippen LogP contribution in [0.3, 0.4) is 0 Å². The lowest BCUT2D eigenvalue weighted by atomic mass is 9.70. The molecule has 1 aromatic carbocycles. The molecule has 2 aromatic rings. The SMILES string of the molecule is Cc1ccc2c(c1)nc(CCl)n2CC1(C)CCC1. The van der Waals surface area contributed by atoms with E-state index in [-0.39, 0.29) is 0 Å². The number of rotatable bonds is 3. The van der Waals surface area contributed by atoms with Gasteiger partial charge in [0.1, 0.15) is 5.82 Å². The fourth-order valence-corrected chi connectivity index (χ4v) is 3.09. The van der Waals surface area contributed by atoms with Crippen molar-refractivity contribution in [2.45, 2.75) is 45.5 Å². The summed E-state index contributed by atoms with van der Waals surface area (Å²) < 4.78 is 2.32. The van der Waals surface area contributed by atoms with Gasteiger partial charge in [-0.25, -0.2) is 4.98 Å². The predicted octanol–water partition coefficient (Wildman–Crippen LogP) is 4.27. The van der Waals surface area contributed by atoms with E-state index in [1.165, 1.54) is 30.3 Å². The second kappa shape index (κ2) is 4.27. The third-order valence-corrected chi connectivity index (χ3v) is 4.44. The molecule has 0 spiro atoms. The fourth-order valence-electron chi connectivity index (χ4n) is 2.89. The van der Waals surface area contributed by atoms with Gasteiger partial charge in [-0.3, -0.25) is 0 Å². The summed E-state index contributed by atoms with van der Waals surface area (Å²) in [6.07, 6.45) is 4.00. The van der Waals surface area contributed by atoms with Gasteiger partial charge in [-0.2, -0.15) is 0 Å². The van der Waals surface area contributed by atoms with Crippen LogP contribution in [0.1, 0.15) is 37.6 Å². The molecule has 0 unspecified atom stereocenters. The number of alkyl halides is 1. The summed E-state index contributed by atoms with van der Waals surface area (Å²) in [4.78, 5) is 4.67. The van der Waals surface area contributed by atoms with Gasteiger partial charge in [0, 0.05) is 6.54 Å². The zero-order valence-electron chi connectivity index (χ0n) is 11.0. The molecule has 0 amide bonds. The molecule has 0 radical (unpaired) electrons. The van der Waals surface area contributed by atoms with Gasteiger partial charge in [0.2, 0.25) is 0 Å². The van der Waals surface area contributed by atoms with E-state index in [4.69, 9.17) is 11.6 Å². The van der Waals surface area contributed by atoms with Gasteiger partial charge in [0.15, 0.2) is 0 Å². The molecule has 1 saturated carbocycles. The van der Waals surface area contributed by atoms with Crippen molar-refractivity contribution in [3.63, 3.8) is 0 Å². The van der Waals surface area contributed by atoms with Gasteiger partial charge in [-0.1, -0.05) is 19.4 Å². The minimum absolute atomic E-state index is 0.444. The lowest BCUT2D eigenvalue weighted by Crippen LogP contribution is -2.31. The summed E-state index contributed by atoms with van der Waals surface area (Å²) in [5.41, 5.74) is 4.00. The lowest BCUT2D eigenvalue weighted by molar-refractivity contribution is 0.133. The lowest BCUT2D eigenvalue weighted by Gasteiger charge is -2.39. The van der Waals surface area contributed by atoms with Gasteiger partial charge >= 0.3 is 0 Å². The maximum Gasteiger partial charge on any atom is 0.124 e. The van der Waals surface area contributed by atoms with Crippen molar-refractivity contribution in [3.05, 3.63) is 29.6 Å². The molecule has 0 bridgehead atoms. The van der Waals surface area contributed by atoms with E-state index in [9.17, 15) is 0 Å². The molecule has 96 valence electrons. The van der Waals surface area contributed by atoms with Crippen LogP contribution in [0.5, 0.6) is 0 Å². The van der Waals surface area contributed by atoms with Gasteiger partial charge in [-0.15, -0.1) is 11.6 Å². The van der Waals surface area contributed by atoms with Crippen LogP contribution in [-0.4, -0.2) is 9.55 Å². The van der Waals surface area contributed by atoms with E-state index in [0.29, 0.717) is 11.3 Å². The van der Waals surface area contributed by atoms with E-state index in [0.717, 1.165) is 17.9 Å². The molecule has 2 nitrogen and oxygen atoms in total. The Morgan fingerprint density at radius 1 is 1.39 bits per heavy atom. The molecule has 1 aliphatic carbocycles. The molecule has 0 aliphatic heterocycles. The van der Waals surface area contributed by atoms with Crippen molar-refractivity contribution in [2.24, 2.45) is 5.41 Å². The Morgan fingerprint density at radius 2 is 2.17 bits per heavy atom. The largest absolute Gasteiger partial charge is 0.326 e. The third kappa shape index (κ3) is 1.93. The van der Waals surface area contributed by atoms with Crippen LogP contribution < -0.4 is 0 Å². The first-order valence-electron chi connectivity index (χ1n) is 6.63. The number of nitrogens with zero attached hydrogens (tertiary/aromatic N) is 2. The first-order valence-corrected chi connectivity index (χ1v) is 7.16. The minimum Gasteiger partial charge on any atom is -0.326 e. The molecule has 0 atom stereocenters. The zero-order chi connectivity index (χ0) is 12.8. The van der Waals surface area contributed by atoms with Crippen molar-refractivity contribution in [1.29, 1.82) is 0 Å². The van der Waals surface area contributed by atoms with Crippen LogP contribution in [0.15, 0.2) is 18.2 Å². The van der Waals surface area contributed by atoms with Crippen LogP contribution in [0.4, 0.5) is 0 Å². The molecule has 1 heterocycles. The second-order valence-electron chi connectivity index (χ2n) is 5.90. The van der Waals surface area contributed by atoms with E-state index < -0.39 is 0 Å². The number of aryl methyl sites for hydroxylation is 1. The Hall–Kier alpha value is -1.02. The Kier molecular flexibility index (Phi) is 2.86. The fraction of sp³-hybridized carbons (Fsp3) is 0.533. The molecule has 18 heavy (non-hydrogen) atoms. The highest BCUT2D eigenvalue weighted by molar-refractivity contribution is 6.16. The van der Waals surface area contributed by atoms with Crippen molar-refractivity contribution in [2.75, 3.05) is 0 Å². The van der Waals surface area contributed by atoms with E-state index >= 15 is 0 Å². The molecule has 0 N–H and O–H groups in total. The highest BCUT2D eigenvalue weighted by atomic mass is 35.5. The smallest absolute Gasteiger partial charge is 0.124 e. The molecule has 1 fully saturated rings. The second-order valence-corrected chi connectivity index (χ2v) is 6.17. The number of aromatic nitrogens is 2. The van der Waals surface area contributed by atoms with Crippen LogP contribution in [0.25, 0.3) is 11.0 Å². The monoisotopic (exact) mass is 262 g/mol. The Morgan fingerprint density at radius 3 is 2.78 bits per heavy atom. The standard InChI is InChI=1S/C15H19ClN2/c1-11-4-5-13-12(8-11)17-14(9-16)18(13)10-15(2)6-3-7-15/h4-5,8H,3,6-7,9-10H2,1-2H3. The molecular weight excluding hydrogens is 244 g/mol. The summed E-state index contributed by atoms with van der Waals surface area (Å²) in [5.74, 6) is 1.49. The summed E-state index contributed by atoms with van der Waals surface area (Å²) in [7, 11) is 0. The van der Waals surface area contributed by atoms with Crippen molar-refractivity contribution < 1.29 is 0 Å². The highest BCUT2D eigenvalue weighted by Crippen LogP contribution is 2.42. The van der Waals surface area contributed by atoms with Gasteiger partial charge in [0.25, 0.3) is 0 Å². The Bertz CT molecular complexity index is 581. The van der Waals surface area contributed by atoms with Gasteiger partial charge < -0.3 is 4.57 Å². The first-order chi connectivity index (χ1) is 8.61. The summed E-state index contributed by atoms with van der Waals surface area (Å²) >= 11 is 6.05. The average molecular weight is 263 g/mol. The van der Waals surface area contributed by atoms with E-state index in [2.05, 4.69) is 41.6 Å². The Labute approximate surface area is 113 Å². The number of halogens is 1. The van der Waals surface area contributed by atoms with Crippen LogP contribution in [0, 0.1) is 12.3 Å². The average Bonchev–Trinajstić information content (AvgIpc) is 2.64. The normalized spacial score (nSPS) is 17.9. The van der Waals surface area contributed by atoms with Gasteiger partial charge in [-0.05, 0) is 42.9 Å². The Balaban J connectivity index is 2.07. The van der Waals surface area contributed by atoms with Gasteiger partial charge in [0.05, 0.1) is 16.9 Å². The molecule has 1 aliphatic rings. The maximum atomic E-state index is 6.05. The summed E-state index contributed by atoms with van der Waals surface area (Å²) in [6.45, 7) is 5.52. The maximum absolute atomic E-state index is 6.05. The highest BCUT2D eigenvalue weighted by Gasteiger charge is 2.33. The molecule has 3 rings (SSSR count). The number of hydrogen-bond donors (Lipinski definition) is 0. The van der Waals surface area contributed by atoms with Crippen molar-refractivity contribution in [1.82, 2.24) is 9.55 Å². The molecule has 1 aromatic heterocycles. The predicted molar refractivity (Wildman–Crippen MR) is 76.0 cm³/mol. The summed E-state index contributed by atoms with van der Waals surface area (Å²) in [6, 6.07) is 6.47. The van der Waals surface area contributed by atoms with E-state index in [1.807, 2.05) is 0 Å². The van der Waals surface area contributed by atoms with Crippen molar-refractivity contribution >= 4 is 22.6 Å². The van der Waals surface area contributed by atoms with E-state index in [1.54, 1.807) is 0 Å². The molecule has 0 saturated heterocycles. The quantitative estimate of drug-likeness (QED) is 0.755. The third-order valence-electron chi connectivity index (χ3n) is 4.20. The van der Waals surface area contributed by atoms with Crippen molar-refractivity contribution in [3.8, 4) is 0 Å². The molecule has 3 heteroatoms.